The second kappa shape index (κ2) is 10.2. The summed E-state index contributed by atoms with van der Waals surface area (Å²) in [5.41, 5.74) is 1.35. The number of benzene rings is 2. The zero-order chi connectivity index (χ0) is 22.7. The number of halogens is 2. The van der Waals surface area contributed by atoms with Gasteiger partial charge < -0.3 is 4.74 Å². The van der Waals surface area contributed by atoms with Gasteiger partial charge in [-0.2, -0.15) is 9.78 Å². The van der Waals surface area contributed by atoms with Crippen LogP contribution in [0.2, 0.25) is 5.02 Å². The topological polar surface area (TPSA) is 56.5 Å². The van der Waals surface area contributed by atoms with Crippen molar-refractivity contribution in [1.82, 2.24) is 9.66 Å². The van der Waals surface area contributed by atoms with E-state index in [1.165, 1.54) is 11.1 Å². The van der Waals surface area contributed by atoms with Gasteiger partial charge in [0, 0.05) is 5.92 Å². The number of aromatic nitrogens is 2. The first-order valence-corrected chi connectivity index (χ1v) is 12.4. The first-order chi connectivity index (χ1) is 15.5. The van der Waals surface area contributed by atoms with Crippen LogP contribution in [0.3, 0.4) is 0 Å². The van der Waals surface area contributed by atoms with Crippen LogP contribution in [0, 0.1) is 0 Å². The maximum Gasteiger partial charge on any atom is 0.282 e. The molecule has 1 atom stereocenters. The molecule has 0 N–H and O–H groups in total. The molecule has 0 aliphatic heterocycles. The molecule has 1 saturated carbocycles. The number of nitrogens with zero attached hydrogens (tertiary/aromatic N) is 3. The minimum Gasteiger partial charge on any atom is -0.488 e. The van der Waals surface area contributed by atoms with Gasteiger partial charge in [0.15, 0.2) is 5.75 Å². The normalized spacial score (nSPS) is 16.0. The Balaban J connectivity index is 1.75. The minimum absolute atomic E-state index is 0.0589. The molecule has 0 amide bonds. The fourth-order valence-electron chi connectivity index (χ4n) is 4.05. The smallest absolute Gasteiger partial charge is 0.282 e. The fraction of sp³-hybridized carbons (Fsp3) is 0.400. The Bertz CT molecular complexity index is 1180. The van der Waals surface area contributed by atoms with Gasteiger partial charge in [0.25, 0.3) is 5.56 Å². The lowest BCUT2D eigenvalue weighted by Crippen LogP contribution is -2.25. The predicted molar refractivity (Wildman–Crippen MR) is 134 cm³/mol. The molecule has 2 aromatic carbocycles. The van der Waals surface area contributed by atoms with E-state index in [9.17, 15) is 4.79 Å². The molecule has 0 bridgehead atoms. The van der Waals surface area contributed by atoms with Gasteiger partial charge in [-0.1, -0.05) is 49.9 Å². The van der Waals surface area contributed by atoms with Crippen LogP contribution < -0.4 is 10.3 Å². The molecule has 3 aromatic rings. The van der Waals surface area contributed by atoms with Gasteiger partial charge in [-0.25, -0.2) is 4.98 Å². The molecule has 7 heteroatoms. The number of hydrogen-bond donors (Lipinski definition) is 0. The van der Waals surface area contributed by atoms with Crippen molar-refractivity contribution >= 4 is 44.6 Å². The Labute approximate surface area is 201 Å². The van der Waals surface area contributed by atoms with Crippen molar-refractivity contribution in [2.75, 3.05) is 0 Å². The maximum absolute atomic E-state index is 13.3. The van der Waals surface area contributed by atoms with Crippen molar-refractivity contribution in [3.63, 3.8) is 0 Å². The monoisotopic (exact) mass is 515 g/mol. The molecular formula is C25H27BrClN3O2. The average Bonchev–Trinajstić information content (AvgIpc) is 2.81. The Morgan fingerprint density at radius 1 is 1.28 bits per heavy atom. The highest BCUT2D eigenvalue weighted by atomic mass is 79.9. The van der Waals surface area contributed by atoms with Crippen molar-refractivity contribution in [1.29, 1.82) is 0 Å². The van der Waals surface area contributed by atoms with Gasteiger partial charge >= 0.3 is 0 Å². The number of ether oxygens (including phenoxy) is 1. The van der Waals surface area contributed by atoms with Gasteiger partial charge in [0.1, 0.15) is 5.82 Å². The fourth-order valence-corrected chi connectivity index (χ4v) is 5.01. The molecule has 0 unspecified atom stereocenters. The van der Waals surface area contributed by atoms with Crippen LogP contribution in [0.5, 0.6) is 5.75 Å². The van der Waals surface area contributed by atoms with E-state index in [-0.39, 0.29) is 17.6 Å². The minimum atomic E-state index is -0.144. The first-order valence-electron chi connectivity index (χ1n) is 11.2. The second-order valence-electron chi connectivity index (χ2n) is 8.33. The van der Waals surface area contributed by atoms with Crippen LogP contribution in [0.15, 0.2) is 50.8 Å². The highest BCUT2D eigenvalue weighted by Crippen LogP contribution is 2.35. The van der Waals surface area contributed by atoms with Crippen molar-refractivity contribution in [2.24, 2.45) is 5.10 Å². The van der Waals surface area contributed by atoms with Crippen LogP contribution in [0.4, 0.5) is 0 Å². The summed E-state index contributed by atoms with van der Waals surface area (Å²) in [6.07, 6.45) is 8.19. The molecule has 1 aliphatic carbocycles. The van der Waals surface area contributed by atoms with E-state index in [2.05, 4.69) is 28.0 Å². The van der Waals surface area contributed by atoms with Gasteiger partial charge in [0.2, 0.25) is 0 Å². The van der Waals surface area contributed by atoms with E-state index in [1.54, 1.807) is 18.3 Å². The molecule has 0 spiro atoms. The zero-order valence-electron chi connectivity index (χ0n) is 18.4. The van der Waals surface area contributed by atoms with E-state index < -0.39 is 0 Å². The largest absolute Gasteiger partial charge is 0.488 e. The van der Waals surface area contributed by atoms with Crippen LogP contribution in [-0.2, 0) is 0 Å². The molecule has 1 aliphatic rings. The molecule has 1 fully saturated rings. The summed E-state index contributed by atoms with van der Waals surface area (Å²) in [7, 11) is 0. The molecule has 5 nitrogen and oxygen atoms in total. The number of rotatable bonds is 6. The summed E-state index contributed by atoms with van der Waals surface area (Å²) < 4.78 is 8.15. The van der Waals surface area contributed by atoms with Crippen molar-refractivity contribution in [3.05, 3.63) is 67.6 Å². The molecule has 32 heavy (non-hydrogen) atoms. The molecule has 168 valence electrons. The Hall–Kier alpha value is -2.18. The molecule has 0 saturated heterocycles. The van der Waals surface area contributed by atoms with Crippen LogP contribution in [0.25, 0.3) is 10.9 Å². The quantitative estimate of drug-likeness (QED) is 0.334. The lowest BCUT2D eigenvalue weighted by atomic mass is 9.88. The van der Waals surface area contributed by atoms with E-state index in [4.69, 9.17) is 21.3 Å². The lowest BCUT2D eigenvalue weighted by Gasteiger charge is -2.22. The van der Waals surface area contributed by atoms with Crippen molar-refractivity contribution < 1.29 is 4.74 Å². The molecular weight excluding hydrogens is 490 g/mol. The highest BCUT2D eigenvalue weighted by Gasteiger charge is 2.22. The number of fused-ring (bicyclic) bond motifs is 1. The van der Waals surface area contributed by atoms with Gasteiger partial charge in [-0.3, -0.25) is 4.79 Å². The van der Waals surface area contributed by atoms with Gasteiger partial charge in [-0.05, 0) is 71.9 Å². The van der Waals surface area contributed by atoms with E-state index in [0.29, 0.717) is 16.2 Å². The number of hydrogen-bond acceptors (Lipinski definition) is 4. The third-order valence-corrected chi connectivity index (χ3v) is 6.86. The number of para-hydroxylation sites is 1. The molecule has 4 rings (SSSR count). The predicted octanol–water partition coefficient (Wildman–Crippen LogP) is 6.92. The zero-order valence-corrected chi connectivity index (χ0v) is 20.7. The second-order valence-corrected chi connectivity index (χ2v) is 9.60. The summed E-state index contributed by atoms with van der Waals surface area (Å²) in [5.74, 6) is 1.59. The summed E-state index contributed by atoms with van der Waals surface area (Å²) in [4.78, 5) is 18.2. The lowest BCUT2D eigenvalue weighted by molar-refractivity contribution is 0.216. The Kier molecular flexibility index (Phi) is 7.31. The third-order valence-electron chi connectivity index (χ3n) is 5.99. The van der Waals surface area contributed by atoms with E-state index in [0.717, 1.165) is 53.5 Å². The standard InChI is InChI=1S/C25H27BrClN3O2/c1-3-16(2)32-23-20(26)13-17(14-21(23)27)15-28-30-24(18-9-5-4-6-10-18)29-22-12-8-7-11-19(22)25(30)31/h7-8,11-16,18H,3-6,9-10H2,1-2H3/t16-/m1/s1. The average molecular weight is 517 g/mol. The van der Waals surface area contributed by atoms with Gasteiger partial charge in [-0.15, -0.1) is 0 Å². The van der Waals surface area contributed by atoms with E-state index >= 15 is 0 Å². The summed E-state index contributed by atoms with van der Waals surface area (Å²) in [5, 5.41) is 5.65. The maximum atomic E-state index is 13.3. The third kappa shape index (κ3) is 4.91. The summed E-state index contributed by atoms with van der Waals surface area (Å²) >= 11 is 10.0. The molecule has 0 radical (unpaired) electrons. The SMILES string of the molecule is CC[C@@H](C)Oc1c(Cl)cc(C=Nn2c(C3CCCCC3)nc3ccccc3c2=O)cc1Br. The Morgan fingerprint density at radius 2 is 2.03 bits per heavy atom. The molecule has 1 aromatic heterocycles. The van der Waals surface area contributed by atoms with Crippen LogP contribution in [-0.4, -0.2) is 22.0 Å². The summed E-state index contributed by atoms with van der Waals surface area (Å²) in [6.45, 7) is 4.07. The van der Waals surface area contributed by atoms with E-state index in [1.807, 2.05) is 31.2 Å². The Morgan fingerprint density at radius 3 is 2.75 bits per heavy atom. The molecule has 1 heterocycles. The van der Waals surface area contributed by atoms with Crippen LogP contribution >= 0.6 is 27.5 Å². The summed E-state index contributed by atoms with van der Waals surface area (Å²) in [6, 6.07) is 11.2. The van der Waals surface area contributed by atoms with Crippen LogP contribution in [0.1, 0.15) is 69.7 Å². The van der Waals surface area contributed by atoms with Crippen molar-refractivity contribution in [2.45, 2.75) is 64.4 Å². The highest BCUT2D eigenvalue weighted by molar-refractivity contribution is 9.10. The first kappa shape index (κ1) is 23.0. The van der Waals surface area contributed by atoms with Gasteiger partial charge in [0.05, 0.1) is 32.7 Å². The van der Waals surface area contributed by atoms with Crippen molar-refractivity contribution in [3.8, 4) is 5.75 Å².